The number of hydrogen-bond acceptors (Lipinski definition) is 24. The Morgan fingerprint density at radius 1 is 0.306 bits per heavy atom. The summed E-state index contributed by atoms with van der Waals surface area (Å²) in [4.78, 5) is 95.1. The quantitative estimate of drug-likeness (QED) is 0.0156. The zero-order chi connectivity index (χ0) is 83.3. The Hall–Kier alpha value is -8.00. The fraction of sp³-hybridized carbons (Fsp3) is 0.611. The van der Waals surface area contributed by atoms with Gasteiger partial charge in [-0.15, -0.1) is 0 Å². The molecule has 0 saturated heterocycles. The van der Waals surface area contributed by atoms with Gasteiger partial charge in [0.05, 0.1) is 170 Å². The highest BCUT2D eigenvalue weighted by atomic mass is 32.2. The number of rotatable bonds is 28. The topological polar surface area (TPSA) is 418 Å². The lowest BCUT2D eigenvalue weighted by Crippen LogP contribution is -2.38. The molecule has 36 heteroatoms. The van der Waals surface area contributed by atoms with Gasteiger partial charge in [0, 0.05) is 51.9 Å². The maximum Gasteiger partial charge on any atom is 0.257 e. The molecular formula is C72H116N12O20S4. The van der Waals surface area contributed by atoms with Crippen molar-refractivity contribution < 1.29 is 76.4 Å². The molecule has 4 aromatic rings. The standard InChI is InChI=1S/C72H112N8O8S4.4NO3/c1-69(2,3)49-37-53-65(85-45-61(81)73-29-25-33-77(13,14)15)54(38-49)90-56-40-51(71(7,8)9)42-58(67(56)87-47-63(83)75-31-27-35-79(19,20)21)92-60-44-52(72(10,11)12)43-59(68(60)88-48-64(84)76-32-28-36-80(22,23)24)91-57-41-50(70(4,5)6)39-55(89-53)66(57)86-46-62(82)74-30-26-34-78(16,17)18;4*2-1(3)4/h37-44H,25-36,45-48H2,1-24H3;;;;/q;4*-1/p+4. The Labute approximate surface area is 652 Å². The van der Waals surface area contributed by atoms with Crippen LogP contribution in [0.5, 0.6) is 23.0 Å². The molecular weight excluding hydrogens is 1480 g/mol. The van der Waals surface area contributed by atoms with Crippen molar-refractivity contribution in [1.82, 2.24) is 21.3 Å². The van der Waals surface area contributed by atoms with Crippen LogP contribution in [0.15, 0.2) is 87.7 Å². The van der Waals surface area contributed by atoms with E-state index in [1.54, 1.807) is 0 Å². The van der Waals surface area contributed by atoms with E-state index in [0.717, 1.165) is 131 Å². The normalized spacial score (nSPS) is 12.4. The van der Waals surface area contributed by atoms with E-state index < -0.39 is 20.3 Å². The number of carbonyl (C=O) groups is 4. The Balaban J connectivity index is 0.00000330. The molecule has 4 amide bonds. The molecule has 108 heavy (non-hydrogen) atoms. The molecule has 1 aliphatic heterocycles. The van der Waals surface area contributed by atoms with Crippen LogP contribution in [-0.4, -0.2) is 225 Å². The lowest BCUT2D eigenvalue weighted by atomic mass is 9.87. The van der Waals surface area contributed by atoms with Crippen LogP contribution in [-0.2, 0) is 40.8 Å². The van der Waals surface area contributed by atoms with E-state index in [-0.39, 0.29) is 71.7 Å². The maximum absolute atomic E-state index is 14.1. The largest absolute Gasteiger partial charge is 0.481 e. The van der Waals surface area contributed by atoms with Gasteiger partial charge in [-0.25, -0.2) is 0 Å². The second-order valence-corrected chi connectivity index (χ2v) is 37.9. The fourth-order valence-electron chi connectivity index (χ4n) is 9.57. The van der Waals surface area contributed by atoms with Crippen LogP contribution in [0.3, 0.4) is 0 Å². The van der Waals surface area contributed by atoms with Crippen LogP contribution < -0.4 is 40.2 Å². The van der Waals surface area contributed by atoms with Gasteiger partial charge >= 0.3 is 0 Å². The van der Waals surface area contributed by atoms with Crippen molar-refractivity contribution in [1.29, 1.82) is 0 Å². The van der Waals surface area contributed by atoms with Crippen molar-refractivity contribution in [3.05, 3.63) is 132 Å². The van der Waals surface area contributed by atoms with E-state index in [9.17, 15) is 19.2 Å². The average Bonchev–Trinajstić information content (AvgIpc) is 0.763. The molecule has 1 heterocycles. The minimum absolute atomic E-state index is 0.249. The SMILES string of the molecule is CC(C)(C)c1cc2c(OCC(=O)NCCC[N+](C)(C)C)c(c1)Sc1cc(C(C)(C)C)cc(c1OCC(=O)NCCC[N+](C)(C)C)Sc1cc(C(C)(C)C)cc(c1OCC(=O)NCCC[N+](C)(C)C)Sc1cc(C(C)(C)C)cc(c1OCC(=O)NCCC[N+](C)(C)C)S2.O=[N+]([O-])[O-].O=[N+]([O-])[O-].O=[N+]([O-])[O-].O=[N+]([O-])[O-]. The van der Waals surface area contributed by atoms with Gasteiger partial charge in [0.25, 0.3) is 23.6 Å². The fourth-order valence-corrected chi connectivity index (χ4v) is 14.4. The zero-order valence-electron chi connectivity index (χ0n) is 67.3. The number of hydrogen-bond donors (Lipinski definition) is 4. The molecule has 0 aromatic heterocycles. The molecule has 608 valence electrons. The lowest BCUT2D eigenvalue weighted by molar-refractivity contribution is -0.870. The maximum atomic E-state index is 14.1. The number of fused-ring (bicyclic) bond motifs is 8. The molecule has 4 aromatic carbocycles. The number of amides is 4. The summed E-state index contributed by atoms with van der Waals surface area (Å²) >= 11 is 5.89. The molecule has 0 radical (unpaired) electrons. The van der Waals surface area contributed by atoms with Crippen molar-refractivity contribution in [2.24, 2.45) is 0 Å². The molecule has 5 rings (SSSR count). The molecule has 8 bridgehead atoms. The Morgan fingerprint density at radius 2 is 0.435 bits per heavy atom. The highest BCUT2D eigenvalue weighted by molar-refractivity contribution is 8.01. The molecule has 0 aliphatic carbocycles. The monoisotopic (exact) mass is 1600 g/mol. The first-order chi connectivity index (χ1) is 49.2. The first-order valence-electron chi connectivity index (χ1n) is 34.7. The summed E-state index contributed by atoms with van der Waals surface area (Å²) in [5, 5.41) is 71.5. The first kappa shape index (κ1) is 98.0. The molecule has 0 fully saturated rings. The minimum Gasteiger partial charge on any atom is -0.481 e. The molecule has 0 atom stereocenters. The molecule has 0 spiro atoms. The van der Waals surface area contributed by atoms with E-state index in [0.29, 0.717) is 49.2 Å². The summed E-state index contributed by atoms with van der Waals surface area (Å²) in [5.74, 6) is 0.952. The van der Waals surface area contributed by atoms with Crippen LogP contribution in [0.4, 0.5) is 0 Å². The van der Waals surface area contributed by atoms with Gasteiger partial charge in [-0.2, -0.15) is 0 Å². The van der Waals surface area contributed by atoms with Crippen molar-refractivity contribution >= 4 is 70.7 Å². The summed E-state index contributed by atoms with van der Waals surface area (Å²) in [6, 6.07) is 17.2. The van der Waals surface area contributed by atoms with E-state index in [1.807, 2.05) is 0 Å². The van der Waals surface area contributed by atoms with Gasteiger partial charge in [0.15, 0.2) is 26.4 Å². The third-order valence-electron chi connectivity index (χ3n) is 15.1. The molecule has 1 aliphatic rings. The third-order valence-corrected chi connectivity index (χ3v) is 19.3. The van der Waals surface area contributed by atoms with E-state index in [2.05, 4.69) is 237 Å². The van der Waals surface area contributed by atoms with Crippen LogP contribution >= 0.6 is 47.0 Å². The van der Waals surface area contributed by atoms with Crippen LogP contribution in [0.1, 0.15) is 131 Å². The van der Waals surface area contributed by atoms with Crippen molar-refractivity contribution in [3.63, 3.8) is 0 Å². The predicted molar refractivity (Wildman–Crippen MR) is 423 cm³/mol. The van der Waals surface area contributed by atoms with Gasteiger partial charge in [-0.3, -0.25) is 19.2 Å². The van der Waals surface area contributed by atoms with Crippen LogP contribution in [0.2, 0.25) is 0 Å². The second kappa shape index (κ2) is 43.4. The van der Waals surface area contributed by atoms with E-state index >= 15 is 0 Å². The smallest absolute Gasteiger partial charge is 0.257 e. The molecule has 0 unspecified atom stereocenters. The molecule has 4 N–H and O–H groups in total. The van der Waals surface area contributed by atoms with Crippen molar-refractivity contribution in [2.45, 2.75) is 170 Å². The van der Waals surface area contributed by atoms with Gasteiger partial charge in [0.1, 0.15) is 23.0 Å². The summed E-state index contributed by atoms with van der Waals surface area (Å²) in [6.45, 7) is 30.7. The zero-order valence-corrected chi connectivity index (χ0v) is 70.6. The predicted octanol–water partition coefficient (Wildman–Crippen LogP) is 11.2. The second-order valence-electron chi connectivity index (χ2n) is 33.5. The van der Waals surface area contributed by atoms with Crippen LogP contribution in [0, 0.1) is 61.3 Å². The first-order valence-corrected chi connectivity index (χ1v) is 38.0. The number of carbonyl (C=O) groups excluding carboxylic acids is 4. The number of benzene rings is 4. The summed E-state index contributed by atoms with van der Waals surface area (Å²) in [6.07, 6.45) is 3.18. The molecule has 0 saturated carbocycles. The van der Waals surface area contributed by atoms with Gasteiger partial charge in [-0.05, 0) is 92.4 Å². The van der Waals surface area contributed by atoms with Crippen molar-refractivity contribution in [2.75, 3.05) is 163 Å². The third kappa shape index (κ3) is 42.1. The minimum atomic E-state index is -1.75. The van der Waals surface area contributed by atoms with Crippen molar-refractivity contribution in [3.8, 4) is 23.0 Å². The summed E-state index contributed by atoms with van der Waals surface area (Å²) in [5.41, 5.74) is 2.53. The highest BCUT2D eigenvalue weighted by Gasteiger charge is 2.32. The molecule has 32 nitrogen and oxygen atoms in total. The van der Waals surface area contributed by atoms with E-state index in [4.69, 9.17) is 80.2 Å². The Kier molecular flexibility index (Phi) is 39.4. The van der Waals surface area contributed by atoms with Crippen LogP contribution in [0.25, 0.3) is 0 Å². The van der Waals surface area contributed by atoms with Gasteiger partial charge < -0.3 is 119 Å². The Morgan fingerprint density at radius 3 is 0.546 bits per heavy atom. The number of quaternary nitrogens is 4. The lowest BCUT2D eigenvalue weighted by Gasteiger charge is -2.28. The van der Waals surface area contributed by atoms with Gasteiger partial charge in [0.2, 0.25) is 0 Å². The van der Waals surface area contributed by atoms with E-state index in [1.165, 1.54) is 47.0 Å². The highest BCUT2D eigenvalue weighted by Crippen LogP contribution is 2.56. The summed E-state index contributed by atoms with van der Waals surface area (Å²) < 4.78 is 31.0. The number of nitrogens with zero attached hydrogens (tertiary/aromatic N) is 8. The average molecular weight is 1600 g/mol. The van der Waals surface area contributed by atoms with Gasteiger partial charge in [-0.1, -0.05) is 130 Å². The Bertz CT molecular complexity index is 3080. The number of ether oxygens (including phenoxy) is 4. The number of nitrogens with one attached hydrogen (secondary N) is 4. The summed E-state index contributed by atoms with van der Waals surface area (Å²) in [7, 11) is 25.7.